The molecule has 1 aromatic heterocycles. The van der Waals surface area contributed by atoms with Gasteiger partial charge < -0.3 is 5.32 Å². The van der Waals surface area contributed by atoms with Gasteiger partial charge in [0.1, 0.15) is 10.0 Å². The van der Waals surface area contributed by atoms with E-state index in [1.54, 1.807) is 11.3 Å². The second-order valence-electron chi connectivity index (χ2n) is 6.48. The minimum Gasteiger partial charge on any atom is -0.313 e. The molecule has 102 valence electrons. The fraction of sp³-hybridized carbons (Fsp3) is 0.857. The van der Waals surface area contributed by atoms with E-state index in [9.17, 15) is 0 Å². The van der Waals surface area contributed by atoms with Crippen LogP contribution in [0, 0.1) is 11.3 Å². The quantitative estimate of drug-likeness (QED) is 0.909. The Hall–Kier alpha value is -0.480. The van der Waals surface area contributed by atoms with Crippen LogP contribution >= 0.6 is 11.3 Å². The molecular weight excluding hydrogens is 242 g/mol. The summed E-state index contributed by atoms with van der Waals surface area (Å²) in [4.78, 5) is 0. The molecule has 1 fully saturated rings. The molecule has 1 saturated carbocycles. The first kappa shape index (κ1) is 13.9. The van der Waals surface area contributed by atoms with Gasteiger partial charge in [-0.05, 0) is 44.1 Å². The van der Waals surface area contributed by atoms with Gasteiger partial charge in [0.05, 0.1) is 0 Å². The molecule has 0 bridgehead atoms. The van der Waals surface area contributed by atoms with Gasteiger partial charge in [0.15, 0.2) is 0 Å². The first-order chi connectivity index (χ1) is 8.50. The SMILES string of the molecule is CNCc1nnc(C2CCC(C(C)(C)C)CC2)s1. The highest BCUT2D eigenvalue weighted by Gasteiger charge is 2.31. The van der Waals surface area contributed by atoms with Crippen LogP contribution in [0.1, 0.15) is 62.4 Å². The third-order valence-corrected chi connectivity index (χ3v) is 5.20. The standard InChI is InChI=1S/C14H25N3S/c1-14(2,3)11-7-5-10(6-8-11)13-17-16-12(18-13)9-15-4/h10-11,15H,5-9H2,1-4H3. The van der Waals surface area contributed by atoms with E-state index in [0.717, 1.165) is 17.5 Å². The van der Waals surface area contributed by atoms with Crippen LogP contribution in [0.2, 0.25) is 0 Å². The summed E-state index contributed by atoms with van der Waals surface area (Å²) in [6, 6.07) is 0. The molecule has 3 nitrogen and oxygen atoms in total. The Kier molecular flexibility index (Phi) is 4.38. The molecule has 1 heterocycles. The molecule has 0 radical (unpaired) electrons. The molecule has 1 aliphatic rings. The van der Waals surface area contributed by atoms with E-state index >= 15 is 0 Å². The van der Waals surface area contributed by atoms with E-state index in [4.69, 9.17) is 0 Å². The summed E-state index contributed by atoms with van der Waals surface area (Å²) < 4.78 is 0. The Balaban J connectivity index is 1.92. The predicted octanol–water partition coefficient (Wildman–Crippen LogP) is 3.58. The molecule has 1 aromatic rings. The summed E-state index contributed by atoms with van der Waals surface area (Å²) in [5, 5.41) is 14.1. The van der Waals surface area contributed by atoms with Crippen LogP contribution in [0.3, 0.4) is 0 Å². The lowest BCUT2D eigenvalue weighted by Gasteiger charge is -2.36. The Morgan fingerprint density at radius 1 is 1.17 bits per heavy atom. The van der Waals surface area contributed by atoms with Crippen LogP contribution < -0.4 is 5.32 Å². The van der Waals surface area contributed by atoms with Crippen LogP contribution in [0.5, 0.6) is 0 Å². The number of nitrogens with zero attached hydrogens (tertiary/aromatic N) is 2. The van der Waals surface area contributed by atoms with E-state index in [2.05, 4.69) is 36.3 Å². The minimum absolute atomic E-state index is 0.462. The van der Waals surface area contributed by atoms with Crippen LogP contribution in [-0.2, 0) is 6.54 Å². The minimum atomic E-state index is 0.462. The maximum atomic E-state index is 4.37. The number of hydrogen-bond donors (Lipinski definition) is 1. The molecule has 2 rings (SSSR count). The summed E-state index contributed by atoms with van der Waals surface area (Å²) in [7, 11) is 1.95. The predicted molar refractivity (Wildman–Crippen MR) is 76.8 cm³/mol. The van der Waals surface area contributed by atoms with Crippen molar-refractivity contribution in [3.05, 3.63) is 10.0 Å². The van der Waals surface area contributed by atoms with Crippen LogP contribution in [0.15, 0.2) is 0 Å². The summed E-state index contributed by atoms with van der Waals surface area (Å²) in [5.41, 5.74) is 0.462. The van der Waals surface area contributed by atoms with Crippen LogP contribution in [-0.4, -0.2) is 17.2 Å². The van der Waals surface area contributed by atoms with Crippen LogP contribution in [0.4, 0.5) is 0 Å². The number of aromatic nitrogens is 2. The lowest BCUT2D eigenvalue weighted by Crippen LogP contribution is -2.25. The first-order valence-electron chi connectivity index (χ1n) is 6.97. The molecule has 0 unspecified atom stereocenters. The van der Waals surface area contributed by atoms with E-state index in [1.807, 2.05) is 7.05 Å². The highest BCUT2D eigenvalue weighted by Crippen LogP contribution is 2.43. The second-order valence-corrected chi connectivity index (χ2v) is 7.57. The smallest absolute Gasteiger partial charge is 0.131 e. The number of hydrogen-bond acceptors (Lipinski definition) is 4. The molecule has 18 heavy (non-hydrogen) atoms. The summed E-state index contributed by atoms with van der Waals surface area (Å²) >= 11 is 1.79. The highest BCUT2D eigenvalue weighted by molar-refractivity contribution is 7.11. The molecule has 0 amide bonds. The van der Waals surface area contributed by atoms with Crippen molar-refractivity contribution in [3.8, 4) is 0 Å². The van der Waals surface area contributed by atoms with Gasteiger partial charge in [-0.3, -0.25) is 0 Å². The summed E-state index contributed by atoms with van der Waals surface area (Å²) in [6.45, 7) is 7.95. The summed E-state index contributed by atoms with van der Waals surface area (Å²) in [5.74, 6) is 1.53. The first-order valence-corrected chi connectivity index (χ1v) is 7.79. The molecule has 1 N–H and O–H groups in total. The largest absolute Gasteiger partial charge is 0.313 e. The Bertz CT molecular complexity index is 373. The molecule has 1 aliphatic carbocycles. The second kappa shape index (κ2) is 5.66. The monoisotopic (exact) mass is 267 g/mol. The summed E-state index contributed by atoms with van der Waals surface area (Å²) in [6.07, 6.45) is 5.26. The third-order valence-electron chi connectivity index (χ3n) is 4.11. The van der Waals surface area contributed by atoms with Gasteiger partial charge in [-0.1, -0.05) is 32.1 Å². The van der Waals surface area contributed by atoms with Gasteiger partial charge in [-0.15, -0.1) is 10.2 Å². The Labute approximate surface area is 114 Å². The zero-order valence-corrected chi connectivity index (χ0v) is 12.8. The van der Waals surface area contributed by atoms with Gasteiger partial charge in [0.2, 0.25) is 0 Å². The zero-order valence-electron chi connectivity index (χ0n) is 12.0. The number of nitrogens with one attached hydrogen (secondary N) is 1. The average molecular weight is 267 g/mol. The lowest BCUT2D eigenvalue weighted by atomic mass is 9.70. The Morgan fingerprint density at radius 3 is 2.39 bits per heavy atom. The van der Waals surface area contributed by atoms with Gasteiger partial charge in [-0.2, -0.15) is 0 Å². The van der Waals surface area contributed by atoms with E-state index in [1.165, 1.54) is 30.7 Å². The molecule has 0 spiro atoms. The number of rotatable bonds is 3. The van der Waals surface area contributed by atoms with Crippen molar-refractivity contribution in [3.63, 3.8) is 0 Å². The highest BCUT2D eigenvalue weighted by atomic mass is 32.1. The molecule has 0 atom stereocenters. The van der Waals surface area contributed by atoms with Gasteiger partial charge in [0.25, 0.3) is 0 Å². The van der Waals surface area contributed by atoms with Crippen molar-refractivity contribution >= 4 is 11.3 Å². The van der Waals surface area contributed by atoms with Crippen molar-refractivity contribution in [2.45, 2.75) is 58.9 Å². The van der Waals surface area contributed by atoms with Crippen molar-refractivity contribution < 1.29 is 0 Å². The van der Waals surface area contributed by atoms with E-state index in [-0.39, 0.29) is 0 Å². The molecular formula is C14H25N3S. The molecule has 0 aromatic carbocycles. The topological polar surface area (TPSA) is 37.8 Å². The zero-order chi connectivity index (χ0) is 13.2. The lowest BCUT2D eigenvalue weighted by molar-refractivity contribution is 0.169. The van der Waals surface area contributed by atoms with Crippen LogP contribution in [0.25, 0.3) is 0 Å². The fourth-order valence-electron chi connectivity index (χ4n) is 2.86. The Morgan fingerprint density at radius 2 is 1.83 bits per heavy atom. The average Bonchev–Trinajstić information content (AvgIpc) is 2.77. The normalized spacial score (nSPS) is 25.3. The van der Waals surface area contributed by atoms with Gasteiger partial charge in [-0.25, -0.2) is 0 Å². The van der Waals surface area contributed by atoms with Gasteiger partial charge in [0, 0.05) is 12.5 Å². The maximum absolute atomic E-state index is 4.37. The molecule has 0 aliphatic heterocycles. The maximum Gasteiger partial charge on any atom is 0.131 e. The van der Waals surface area contributed by atoms with Gasteiger partial charge >= 0.3 is 0 Å². The van der Waals surface area contributed by atoms with Crippen molar-refractivity contribution in [1.29, 1.82) is 0 Å². The van der Waals surface area contributed by atoms with E-state index in [0.29, 0.717) is 11.3 Å². The van der Waals surface area contributed by atoms with Crippen molar-refractivity contribution in [1.82, 2.24) is 15.5 Å². The molecule has 4 heteroatoms. The van der Waals surface area contributed by atoms with E-state index < -0.39 is 0 Å². The fourth-order valence-corrected chi connectivity index (χ4v) is 3.88. The van der Waals surface area contributed by atoms with Crippen molar-refractivity contribution in [2.75, 3.05) is 7.05 Å². The van der Waals surface area contributed by atoms with Crippen molar-refractivity contribution in [2.24, 2.45) is 11.3 Å². The molecule has 0 saturated heterocycles. The third kappa shape index (κ3) is 3.29.